The van der Waals surface area contributed by atoms with Gasteiger partial charge in [-0.2, -0.15) is 33.7 Å². The Hall–Kier alpha value is -1.06. The summed E-state index contributed by atoms with van der Waals surface area (Å²) in [6, 6.07) is 6.75. The van der Waals surface area contributed by atoms with Crippen molar-refractivity contribution < 1.29 is 51.9 Å². The van der Waals surface area contributed by atoms with E-state index in [0.717, 1.165) is 12.1 Å². The van der Waals surface area contributed by atoms with Gasteiger partial charge in [0.2, 0.25) is 0 Å². The molecule has 34 heavy (non-hydrogen) atoms. The molecule has 2 aromatic rings. The van der Waals surface area contributed by atoms with Crippen LogP contribution in [0.3, 0.4) is 0 Å². The molecule has 0 bridgehead atoms. The largest absolute Gasteiger partial charge is 0.296 e. The SMILES string of the molecule is O=S(=O)(O)c1cccc(PCCCCPc2cccc(S(=O)(=O)O)c2S(=O)(=O)O)c1S(=O)(=O)O. The van der Waals surface area contributed by atoms with Crippen molar-refractivity contribution in [3.05, 3.63) is 36.4 Å². The van der Waals surface area contributed by atoms with E-state index in [1.807, 2.05) is 0 Å². The Morgan fingerprint density at radius 1 is 0.529 bits per heavy atom. The number of rotatable bonds is 11. The second kappa shape index (κ2) is 10.9. The first-order valence-corrected chi connectivity index (χ1v) is 17.2. The summed E-state index contributed by atoms with van der Waals surface area (Å²) in [6.07, 6.45) is 1.65. The number of unbranched alkanes of at least 4 members (excludes halogenated alkanes) is 1. The topological polar surface area (TPSA) is 217 Å². The van der Waals surface area contributed by atoms with Crippen molar-refractivity contribution in [2.75, 3.05) is 12.3 Å². The van der Waals surface area contributed by atoms with Crippen LogP contribution in [0.15, 0.2) is 56.0 Å². The van der Waals surface area contributed by atoms with Gasteiger partial charge in [0.15, 0.2) is 0 Å². The molecule has 0 saturated heterocycles. The fraction of sp³-hybridized carbons (Fsp3) is 0.250. The van der Waals surface area contributed by atoms with Gasteiger partial charge in [-0.15, -0.1) is 0 Å². The highest BCUT2D eigenvalue weighted by Gasteiger charge is 2.28. The Labute approximate surface area is 200 Å². The molecule has 18 heteroatoms. The van der Waals surface area contributed by atoms with Crippen molar-refractivity contribution in [1.29, 1.82) is 0 Å². The van der Waals surface area contributed by atoms with Gasteiger partial charge in [0.25, 0.3) is 40.5 Å². The maximum Gasteiger partial charge on any atom is 0.296 e. The molecule has 0 amide bonds. The smallest absolute Gasteiger partial charge is 0.282 e. The summed E-state index contributed by atoms with van der Waals surface area (Å²) in [6.45, 7) is 0. The van der Waals surface area contributed by atoms with Crippen molar-refractivity contribution in [1.82, 2.24) is 0 Å². The minimum atomic E-state index is -4.95. The van der Waals surface area contributed by atoms with Crippen LogP contribution >= 0.6 is 17.2 Å². The lowest BCUT2D eigenvalue weighted by Gasteiger charge is -2.12. The zero-order valence-corrected chi connectivity index (χ0v) is 22.2. The molecule has 2 atom stereocenters. The average molecular weight is 595 g/mol. The van der Waals surface area contributed by atoms with Crippen LogP contribution in [0, 0.1) is 0 Å². The predicted octanol–water partition coefficient (Wildman–Crippen LogP) is 0.761. The Morgan fingerprint density at radius 2 is 0.853 bits per heavy atom. The van der Waals surface area contributed by atoms with Crippen molar-refractivity contribution in [2.24, 2.45) is 0 Å². The van der Waals surface area contributed by atoms with Crippen LogP contribution in [0.5, 0.6) is 0 Å². The minimum Gasteiger partial charge on any atom is -0.282 e. The van der Waals surface area contributed by atoms with Crippen molar-refractivity contribution in [3.63, 3.8) is 0 Å². The van der Waals surface area contributed by atoms with Crippen LogP contribution < -0.4 is 10.6 Å². The molecular weight excluding hydrogens is 574 g/mol. The molecular formula is C16H20O12P2S4. The van der Waals surface area contributed by atoms with E-state index in [9.17, 15) is 51.9 Å². The van der Waals surface area contributed by atoms with E-state index in [4.69, 9.17) is 0 Å². The third kappa shape index (κ3) is 7.72. The fourth-order valence-electron chi connectivity index (χ4n) is 2.94. The van der Waals surface area contributed by atoms with Gasteiger partial charge in [0, 0.05) is 0 Å². The minimum absolute atomic E-state index is 0.00888. The van der Waals surface area contributed by atoms with E-state index in [1.165, 1.54) is 24.3 Å². The maximum absolute atomic E-state index is 11.7. The molecule has 0 saturated carbocycles. The van der Waals surface area contributed by atoms with Gasteiger partial charge < -0.3 is 0 Å². The molecule has 12 nitrogen and oxygen atoms in total. The zero-order valence-electron chi connectivity index (χ0n) is 17.0. The Balaban J connectivity index is 2.10. The quantitative estimate of drug-likeness (QED) is 0.161. The zero-order chi connectivity index (χ0) is 25.9. The first kappa shape index (κ1) is 29.2. The predicted molar refractivity (Wildman–Crippen MR) is 127 cm³/mol. The highest BCUT2D eigenvalue weighted by molar-refractivity contribution is 7.90. The lowest BCUT2D eigenvalue weighted by Crippen LogP contribution is -2.17. The Bertz CT molecular complexity index is 1380. The van der Waals surface area contributed by atoms with Crippen LogP contribution in [-0.2, 0) is 40.5 Å². The summed E-state index contributed by atoms with van der Waals surface area (Å²) in [4.78, 5) is -3.65. The Morgan fingerprint density at radius 3 is 1.12 bits per heavy atom. The molecule has 190 valence electrons. The number of hydrogen-bond acceptors (Lipinski definition) is 8. The van der Waals surface area contributed by atoms with E-state index in [-0.39, 0.29) is 27.8 Å². The lowest BCUT2D eigenvalue weighted by atomic mass is 10.4. The van der Waals surface area contributed by atoms with Crippen molar-refractivity contribution in [3.8, 4) is 0 Å². The molecule has 0 aromatic heterocycles. The highest BCUT2D eigenvalue weighted by atomic mass is 32.2. The van der Waals surface area contributed by atoms with Crippen LogP contribution in [0.25, 0.3) is 0 Å². The number of hydrogen-bond donors (Lipinski definition) is 4. The molecule has 2 unspecified atom stereocenters. The number of benzene rings is 2. The lowest BCUT2D eigenvalue weighted by molar-refractivity contribution is 0.467. The molecule has 4 N–H and O–H groups in total. The van der Waals surface area contributed by atoms with Crippen LogP contribution in [0.4, 0.5) is 0 Å². The molecule has 0 aliphatic rings. The summed E-state index contributed by atoms with van der Waals surface area (Å²) in [7, 11) is -20.2. The maximum atomic E-state index is 11.7. The summed E-state index contributed by atoms with van der Waals surface area (Å²) in [5.74, 6) is 0. The standard InChI is InChI=1S/C16H20O12P2S4/c17-31(18,19)13-7-3-5-11(15(13)33(23,24)25)29-9-1-2-10-30-12-6-4-8-14(32(20,21)22)16(12)34(26,27)28/h3-8,29-30H,1-2,9-10H2,(H,17,18,19)(H,20,21,22)(H,23,24,25)(H,26,27,28). The molecule has 0 heterocycles. The third-order valence-electron chi connectivity index (χ3n) is 4.26. The normalized spacial score (nSPS) is 13.9. The fourth-order valence-corrected chi connectivity index (χ4v) is 10.5. The molecule has 0 radical (unpaired) electrons. The second-order valence-corrected chi connectivity index (χ2v) is 15.0. The molecule has 0 aliphatic carbocycles. The average Bonchev–Trinajstić information content (AvgIpc) is 2.67. The van der Waals surface area contributed by atoms with E-state index in [1.54, 1.807) is 0 Å². The first-order chi connectivity index (χ1) is 15.4. The van der Waals surface area contributed by atoms with E-state index in [2.05, 4.69) is 0 Å². The molecule has 2 rings (SSSR count). The summed E-state index contributed by atoms with van der Waals surface area (Å²) >= 11 is 0. The van der Waals surface area contributed by atoms with Gasteiger partial charge in [-0.05, 0) is 47.9 Å². The summed E-state index contributed by atoms with van der Waals surface area (Å²) < 4.78 is 130. The molecule has 0 fully saturated rings. The summed E-state index contributed by atoms with van der Waals surface area (Å²) in [5, 5.41) is 0.0178. The van der Waals surface area contributed by atoms with Crippen molar-refractivity contribution >= 4 is 68.2 Å². The van der Waals surface area contributed by atoms with Gasteiger partial charge in [-0.25, -0.2) is 0 Å². The molecule has 2 aromatic carbocycles. The monoisotopic (exact) mass is 594 g/mol. The molecule has 0 aliphatic heterocycles. The molecule has 0 spiro atoms. The van der Waals surface area contributed by atoms with Gasteiger partial charge in [-0.1, -0.05) is 41.4 Å². The highest BCUT2D eigenvalue weighted by Crippen LogP contribution is 2.27. The van der Waals surface area contributed by atoms with Crippen LogP contribution in [0.2, 0.25) is 0 Å². The third-order valence-corrected chi connectivity index (χ3v) is 11.4. The van der Waals surface area contributed by atoms with Gasteiger partial charge in [0.1, 0.15) is 19.6 Å². The van der Waals surface area contributed by atoms with Crippen molar-refractivity contribution in [2.45, 2.75) is 32.4 Å². The van der Waals surface area contributed by atoms with E-state index in [0.29, 0.717) is 25.2 Å². The van der Waals surface area contributed by atoms with Gasteiger partial charge in [0.05, 0.1) is 0 Å². The van der Waals surface area contributed by atoms with Gasteiger partial charge in [-0.3, -0.25) is 18.2 Å². The summed E-state index contributed by atoms with van der Waals surface area (Å²) in [5.41, 5.74) is 0. The van der Waals surface area contributed by atoms with E-state index < -0.39 is 60.1 Å². The van der Waals surface area contributed by atoms with Crippen LogP contribution in [-0.4, -0.2) is 64.2 Å². The van der Waals surface area contributed by atoms with E-state index >= 15 is 0 Å². The van der Waals surface area contributed by atoms with Crippen LogP contribution in [0.1, 0.15) is 12.8 Å². The van der Waals surface area contributed by atoms with Gasteiger partial charge >= 0.3 is 0 Å². The first-order valence-electron chi connectivity index (χ1n) is 9.08. The Kier molecular flexibility index (Phi) is 9.36. The second-order valence-electron chi connectivity index (χ2n) is 6.73.